The van der Waals surface area contributed by atoms with Crippen LogP contribution in [0.1, 0.15) is 21.6 Å². The lowest BCUT2D eigenvalue weighted by Gasteiger charge is -2.10. The van der Waals surface area contributed by atoms with Crippen LogP contribution in [0.3, 0.4) is 0 Å². The highest BCUT2D eigenvalue weighted by molar-refractivity contribution is 6.33. The zero-order chi connectivity index (χ0) is 23.1. The average molecular weight is 462 g/mol. The molecule has 3 aromatic rings. The molecule has 0 aliphatic heterocycles. The first kappa shape index (κ1) is 23.1. The molecule has 4 N–H and O–H groups in total. The zero-order valence-corrected chi connectivity index (χ0v) is 17.4. The van der Waals surface area contributed by atoms with Gasteiger partial charge >= 0.3 is 6.18 Å². The number of hydrogen-bond acceptors (Lipinski definition) is 4. The van der Waals surface area contributed by atoms with Crippen LogP contribution in [-0.4, -0.2) is 34.3 Å². The number of imidazole rings is 1. The van der Waals surface area contributed by atoms with Crippen LogP contribution in [0.4, 0.5) is 18.9 Å². The van der Waals surface area contributed by atoms with Gasteiger partial charge < -0.3 is 16.0 Å². The number of carbonyl (C=O) groups excluding carboxylic acids is 1. The van der Waals surface area contributed by atoms with Crippen molar-refractivity contribution >= 4 is 28.9 Å². The zero-order valence-electron chi connectivity index (χ0n) is 16.7. The monoisotopic (exact) mass is 461 g/mol. The van der Waals surface area contributed by atoms with Crippen LogP contribution in [0.5, 0.6) is 0 Å². The van der Waals surface area contributed by atoms with Crippen molar-refractivity contribution < 1.29 is 18.0 Å². The Kier molecular flexibility index (Phi) is 7.32. The molecule has 32 heavy (non-hydrogen) atoms. The van der Waals surface area contributed by atoms with Gasteiger partial charge in [-0.1, -0.05) is 35.9 Å². The molecule has 1 heterocycles. The first-order chi connectivity index (χ1) is 15.2. The van der Waals surface area contributed by atoms with E-state index < -0.39 is 11.9 Å². The molecule has 0 atom stereocenters. The summed E-state index contributed by atoms with van der Waals surface area (Å²) in [5.41, 5.74) is 5.72. The highest BCUT2D eigenvalue weighted by Crippen LogP contribution is 2.27. The van der Waals surface area contributed by atoms with E-state index in [1.54, 1.807) is 36.8 Å². The molecule has 3 rings (SSSR count). The number of amides is 1. The van der Waals surface area contributed by atoms with Gasteiger partial charge in [0.15, 0.2) is 0 Å². The van der Waals surface area contributed by atoms with Crippen LogP contribution in [0.25, 0.3) is 0 Å². The highest BCUT2D eigenvalue weighted by Gasteiger charge is 2.31. The summed E-state index contributed by atoms with van der Waals surface area (Å²) in [5.74, 6) is -0.314. The number of nitrogens with zero attached hydrogens (tertiary/aromatic N) is 2. The van der Waals surface area contributed by atoms with Crippen LogP contribution in [0.2, 0.25) is 5.02 Å². The molecule has 0 radical (unpaired) electrons. The van der Waals surface area contributed by atoms with Gasteiger partial charge in [-0.2, -0.15) is 13.2 Å². The van der Waals surface area contributed by atoms with Gasteiger partial charge in [0, 0.05) is 36.0 Å². The quantitative estimate of drug-likeness (QED) is 0.450. The van der Waals surface area contributed by atoms with Gasteiger partial charge in [-0.15, -0.1) is 0 Å². The minimum absolute atomic E-state index is 0.0425. The Morgan fingerprint density at radius 2 is 1.84 bits per heavy atom. The molecular formula is C22H19ClF3N5O. The number of benzene rings is 2. The van der Waals surface area contributed by atoms with Crippen LogP contribution in [0.15, 0.2) is 77.8 Å². The fourth-order valence-corrected chi connectivity index (χ4v) is 2.89. The molecule has 0 fully saturated rings. The minimum atomic E-state index is -4.71. The van der Waals surface area contributed by atoms with Crippen molar-refractivity contribution in [3.8, 4) is 0 Å². The molecule has 1 aromatic heterocycles. The van der Waals surface area contributed by atoms with Crippen LogP contribution in [-0.2, 0) is 6.42 Å². The van der Waals surface area contributed by atoms with Gasteiger partial charge in [-0.05, 0) is 30.3 Å². The fourth-order valence-electron chi connectivity index (χ4n) is 2.71. The Balaban J connectivity index is 1.82. The number of allylic oxidation sites excluding steroid dienone is 2. The summed E-state index contributed by atoms with van der Waals surface area (Å²) in [7, 11) is 0. The molecule has 1 amide bonds. The van der Waals surface area contributed by atoms with E-state index in [2.05, 4.69) is 20.3 Å². The molecule has 2 aromatic carbocycles. The summed E-state index contributed by atoms with van der Waals surface area (Å²) >= 11 is 6.09. The van der Waals surface area contributed by atoms with Crippen LogP contribution < -0.4 is 11.1 Å². The van der Waals surface area contributed by atoms with Crippen molar-refractivity contribution in [2.24, 2.45) is 10.7 Å². The molecule has 0 saturated carbocycles. The first-order valence-electron chi connectivity index (χ1n) is 9.47. The second-order valence-corrected chi connectivity index (χ2v) is 7.11. The topological polar surface area (TPSA) is 96.2 Å². The molecule has 6 nitrogen and oxygen atoms in total. The lowest BCUT2D eigenvalue weighted by atomic mass is 10.1. The van der Waals surface area contributed by atoms with Crippen molar-refractivity contribution in [3.63, 3.8) is 0 Å². The van der Waals surface area contributed by atoms with E-state index in [-0.39, 0.29) is 22.3 Å². The second kappa shape index (κ2) is 10.1. The third-order valence-electron chi connectivity index (χ3n) is 4.39. The number of hydrogen-bond donors (Lipinski definition) is 3. The number of H-pyrrole nitrogens is 1. The number of rotatable bonds is 7. The van der Waals surface area contributed by atoms with Gasteiger partial charge in [0.2, 0.25) is 0 Å². The normalized spacial score (nSPS) is 12.6. The largest absolute Gasteiger partial charge is 0.430 e. The van der Waals surface area contributed by atoms with Gasteiger partial charge in [0.1, 0.15) is 5.70 Å². The van der Waals surface area contributed by atoms with Gasteiger partial charge in [0.25, 0.3) is 5.91 Å². The molecule has 166 valence electrons. The molecule has 10 heteroatoms. The molecule has 0 bridgehead atoms. The van der Waals surface area contributed by atoms with E-state index in [9.17, 15) is 18.0 Å². The number of carbonyl (C=O) groups is 1. The van der Waals surface area contributed by atoms with E-state index in [1.165, 1.54) is 24.3 Å². The smallest absolute Gasteiger partial charge is 0.395 e. The fraction of sp³-hybridized carbons (Fsp3) is 0.136. The Morgan fingerprint density at radius 3 is 2.47 bits per heavy atom. The van der Waals surface area contributed by atoms with E-state index in [4.69, 9.17) is 17.3 Å². The average Bonchev–Trinajstić information content (AvgIpc) is 3.27. The number of nitrogens with two attached hydrogens (primary N) is 1. The third kappa shape index (κ3) is 6.21. The number of nitrogens with one attached hydrogen (secondary N) is 2. The summed E-state index contributed by atoms with van der Waals surface area (Å²) in [6.07, 6.45) is -0.170. The summed E-state index contributed by atoms with van der Waals surface area (Å²) in [4.78, 5) is 23.4. The predicted molar refractivity (Wildman–Crippen MR) is 117 cm³/mol. The van der Waals surface area contributed by atoms with Crippen molar-refractivity contribution in [2.45, 2.75) is 12.6 Å². The maximum atomic E-state index is 13.0. The van der Waals surface area contributed by atoms with Crippen LogP contribution >= 0.6 is 11.6 Å². The number of aromatic nitrogens is 2. The maximum Gasteiger partial charge on any atom is 0.430 e. The van der Waals surface area contributed by atoms with E-state index in [1.807, 2.05) is 0 Å². The Labute approximate surface area is 187 Å². The Hall–Kier alpha value is -3.59. The third-order valence-corrected chi connectivity index (χ3v) is 4.71. The predicted octanol–water partition coefficient (Wildman–Crippen LogP) is 4.56. The molecular weight excluding hydrogens is 443 g/mol. The van der Waals surface area contributed by atoms with E-state index in [0.29, 0.717) is 24.1 Å². The van der Waals surface area contributed by atoms with Crippen LogP contribution in [0, 0.1) is 0 Å². The maximum absolute atomic E-state index is 13.0. The van der Waals surface area contributed by atoms with Crippen molar-refractivity contribution in [2.75, 3.05) is 6.54 Å². The number of halogens is 4. The lowest BCUT2D eigenvalue weighted by Crippen LogP contribution is -2.25. The Bertz CT molecular complexity index is 1120. The number of alkyl halides is 3. The molecule has 0 saturated heterocycles. The molecule has 0 spiro atoms. The lowest BCUT2D eigenvalue weighted by molar-refractivity contribution is -0.0925. The standard InChI is InChI=1S/C22H19ClF3N5O/c23-17-3-1-2-4-18(17)31-19(11-20(27)22(24,25)26)14-5-7-15(8-6-14)21(32)29-10-9-16-12-28-13-30-16/h1-8,11-13H,9-10,27H2,(H,28,30)(H,29,32)/b20-11-,31-19?. The minimum Gasteiger partial charge on any atom is -0.395 e. The van der Waals surface area contributed by atoms with E-state index in [0.717, 1.165) is 11.8 Å². The highest BCUT2D eigenvalue weighted by atomic mass is 35.5. The summed E-state index contributed by atoms with van der Waals surface area (Å²) in [5, 5.41) is 3.05. The number of aromatic amines is 1. The number of aliphatic imine (C=N–C) groups is 1. The second-order valence-electron chi connectivity index (χ2n) is 6.71. The molecule has 0 aliphatic carbocycles. The Morgan fingerprint density at radius 1 is 1.16 bits per heavy atom. The van der Waals surface area contributed by atoms with Crippen molar-refractivity contribution in [3.05, 3.63) is 94.7 Å². The summed E-state index contributed by atoms with van der Waals surface area (Å²) in [6, 6.07) is 12.5. The summed E-state index contributed by atoms with van der Waals surface area (Å²) < 4.78 is 39.0. The van der Waals surface area contributed by atoms with Crippen molar-refractivity contribution in [1.82, 2.24) is 15.3 Å². The van der Waals surface area contributed by atoms with Gasteiger partial charge in [-0.25, -0.2) is 9.98 Å². The van der Waals surface area contributed by atoms with Gasteiger partial charge in [0.05, 0.1) is 22.7 Å². The molecule has 0 unspecified atom stereocenters. The molecule has 0 aliphatic rings. The number of para-hydroxylation sites is 1. The van der Waals surface area contributed by atoms with Gasteiger partial charge in [-0.3, -0.25) is 4.79 Å². The SMILES string of the molecule is N/C(=C\C(=Nc1ccccc1Cl)c1ccc(C(=O)NCCc2cnc[nH]2)cc1)C(F)(F)F. The van der Waals surface area contributed by atoms with E-state index >= 15 is 0 Å². The van der Waals surface area contributed by atoms with Crippen molar-refractivity contribution in [1.29, 1.82) is 0 Å². The first-order valence-corrected chi connectivity index (χ1v) is 9.85. The summed E-state index contributed by atoms with van der Waals surface area (Å²) in [6.45, 7) is 0.396.